The van der Waals surface area contributed by atoms with Crippen LogP contribution in [-0.4, -0.2) is 43.8 Å². The predicted molar refractivity (Wildman–Crippen MR) is 119 cm³/mol. The maximum Gasteiger partial charge on any atom is 0.337 e. The molecule has 0 radical (unpaired) electrons. The number of carbonyl (C=O) groups is 3. The average Bonchev–Trinajstić information content (AvgIpc) is 2.98. The third-order valence-electron chi connectivity index (χ3n) is 4.33. The second kappa shape index (κ2) is 9.71. The van der Waals surface area contributed by atoms with Gasteiger partial charge in [0.1, 0.15) is 15.9 Å². The minimum atomic E-state index is -1.28. The molecular formula is C21H17FN2O5S2. The second-order valence-electron chi connectivity index (χ2n) is 6.57. The highest BCUT2D eigenvalue weighted by Gasteiger charge is 2.31. The number of nitrogens with one attached hydrogen (secondary N) is 1. The van der Waals surface area contributed by atoms with E-state index < -0.39 is 11.9 Å². The van der Waals surface area contributed by atoms with Crippen LogP contribution in [0.15, 0.2) is 47.4 Å². The first kappa shape index (κ1) is 22.4. The Balaban J connectivity index is 1.56. The molecule has 0 spiro atoms. The lowest BCUT2D eigenvalue weighted by molar-refractivity contribution is -0.122. The Morgan fingerprint density at radius 2 is 1.90 bits per heavy atom. The first-order valence-corrected chi connectivity index (χ1v) is 10.3. The Hall–Kier alpha value is -3.24. The van der Waals surface area contributed by atoms with Gasteiger partial charge in [0, 0.05) is 13.0 Å². The van der Waals surface area contributed by atoms with Crippen molar-refractivity contribution in [2.45, 2.75) is 12.8 Å². The van der Waals surface area contributed by atoms with Gasteiger partial charge in [-0.25, -0.2) is 9.18 Å². The number of thioether (sulfide) groups is 1. The van der Waals surface area contributed by atoms with Crippen LogP contribution in [0.1, 0.15) is 28.8 Å². The van der Waals surface area contributed by atoms with Crippen LogP contribution in [0.5, 0.6) is 5.75 Å². The smallest absolute Gasteiger partial charge is 0.337 e. The van der Waals surface area contributed by atoms with Crippen LogP contribution in [-0.2, 0) is 9.59 Å². The molecule has 3 N–H and O–H groups in total. The van der Waals surface area contributed by atoms with Crippen molar-refractivity contribution in [2.24, 2.45) is 0 Å². The molecule has 7 nitrogen and oxygen atoms in total. The van der Waals surface area contributed by atoms with Gasteiger partial charge in [0.05, 0.1) is 16.2 Å². The van der Waals surface area contributed by atoms with E-state index in [1.165, 1.54) is 29.2 Å². The van der Waals surface area contributed by atoms with Gasteiger partial charge in [0.25, 0.3) is 5.91 Å². The summed E-state index contributed by atoms with van der Waals surface area (Å²) in [4.78, 5) is 37.8. The first-order chi connectivity index (χ1) is 14.7. The molecule has 1 fully saturated rings. The number of aromatic carboxylic acids is 1. The molecule has 2 aromatic carbocycles. The Morgan fingerprint density at radius 3 is 2.58 bits per heavy atom. The molecule has 31 heavy (non-hydrogen) atoms. The standard InChI is InChI=1S/C21H17FN2O5S2/c22-13-5-3-12(4-6-13)10-17-19(27)24(21(30)31-17)9-1-2-18(26)23-16-8-7-14(25)11-15(16)20(28)29/h3-8,10-11,25H,1-2,9H2,(H,23,26)(H,28,29)/b17-10-. The summed E-state index contributed by atoms with van der Waals surface area (Å²) in [5.74, 6) is -2.59. The number of nitrogens with zero attached hydrogens (tertiary/aromatic N) is 1. The van der Waals surface area contributed by atoms with Gasteiger partial charge in [0.2, 0.25) is 5.91 Å². The van der Waals surface area contributed by atoms with Crippen LogP contribution in [0.2, 0.25) is 0 Å². The highest BCUT2D eigenvalue weighted by Crippen LogP contribution is 2.32. The molecule has 1 aliphatic rings. The molecule has 0 saturated carbocycles. The van der Waals surface area contributed by atoms with Gasteiger partial charge in [-0.3, -0.25) is 14.5 Å². The van der Waals surface area contributed by atoms with E-state index in [9.17, 15) is 29.0 Å². The van der Waals surface area contributed by atoms with E-state index in [1.54, 1.807) is 18.2 Å². The molecular weight excluding hydrogens is 443 g/mol. The third-order valence-corrected chi connectivity index (χ3v) is 5.71. The molecule has 160 valence electrons. The van der Waals surface area contributed by atoms with Gasteiger partial charge in [-0.15, -0.1) is 0 Å². The minimum Gasteiger partial charge on any atom is -0.508 e. The lowest BCUT2D eigenvalue weighted by Crippen LogP contribution is -2.29. The summed E-state index contributed by atoms with van der Waals surface area (Å²) in [6.45, 7) is 0.222. The van der Waals surface area contributed by atoms with Crippen molar-refractivity contribution in [3.05, 3.63) is 64.3 Å². The van der Waals surface area contributed by atoms with Crippen LogP contribution in [0.3, 0.4) is 0 Å². The number of carboxylic acids is 1. The van der Waals surface area contributed by atoms with Crippen molar-refractivity contribution in [3.8, 4) is 5.75 Å². The zero-order valence-electron chi connectivity index (χ0n) is 16.0. The van der Waals surface area contributed by atoms with E-state index in [2.05, 4.69) is 5.32 Å². The largest absolute Gasteiger partial charge is 0.508 e. The quantitative estimate of drug-likeness (QED) is 0.327. The van der Waals surface area contributed by atoms with Crippen molar-refractivity contribution >= 4 is 57.8 Å². The number of thiocarbonyl (C=S) groups is 1. The Morgan fingerprint density at radius 1 is 1.19 bits per heavy atom. The fraction of sp³-hybridized carbons (Fsp3) is 0.143. The summed E-state index contributed by atoms with van der Waals surface area (Å²) in [5.41, 5.74) is 0.517. The SMILES string of the molecule is O=C(CCCN1C(=O)/C(=C/c2ccc(F)cc2)SC1=S)Nc1ccc(O)cc1C(=O)O. The lowest BCUT2D eigenvalue weighted by atomic mass is 10.1. The number of benzene rings is 2. The molecule has 1 heterocycles. The summed E-state index contributed by atoms with van der Waals surface area (Å²) in [7, 11) is 0. The summed E-state index contributed by atoms with van der Waals surface area (Å²) in [6.07, 6.45) is 1.97. The molecule has 0 unspecified atom stereocenters. The zero-order valence-corrected chi connectivity index (χ0v) is 17.6. The monoisotopic (exact) mass is 460 g/mol. The van der Waals surface area contributed by atoms with Crippen molar-refractivity contribution in [2.75, 3.05) is 11.9 Å². The molecule has 1 aliphatic heterocycles. The van der Waals surface area contributed by atoms with E-state index in [4.69, 9.17) is 12.2 Å². The Kier molecular flexibility index (Phi) is 7.03. The Bertz CT molecular complexity index is 1090. The number of phenols is 1. The highest BCUT2D eigenvalue weighted by atomic mass is 32.2. The van der Waals surface area contributed by atoms with Gasteiger partial charge >= 0.3 is 5.97 Å². The molecule has 1 saturated heterocycles. The number of rotatable bonds is 7. The lowest BCUT2D eigenvalue weighted by Gasteiger charge is -2.14. The molecule has 0 aromatic heterocycles. The average molecular weight is 461 g/mol. The van der Waals surface area contributed by atoms with Crippen molar-refractivity contribution in [1.29, 1.82) is 0 Å². The second-order valence-corrected chi connectivity index (χ2v) is 8.25. The third kappa shape index (κ3) is 5.68. The highest BCUT2D eigenvalue weighted by molar-refractivity contribution is 8.26. The summed E-state index contributed by atoms with van der Waals surface area (Å²) in [6, 6.07) is 9.34. The normalized spacial score (nSPS) is 14.9. The maximum absolute atomic E-state index is 13.0. The number of halogens is 1. The van der Waals surface area contributed by atoms with E-state index in [1.807, 2.05) is 0 Å². The fourth-order valence-electron chi connectivity index (χ4n) is 2.83. The number of hydrogen-bond acceptors (Lipinski definition) is 6. The van der Waals surface area contributed by atoms with Gasteiger partial charge in [0.15, 0.2) is 0 Å². The molecule has 0 bridgehead atoms. The van der Waals surface area contributed by atoms with Crippen molar-refractivity contribution in [3.63, 3.8) is 0 Å². The molecule has 2 amide bonds. The van der Waals surface area contributed by atoms with E-state index in [0.29, 0.717) is 21.2 Å². The summed E-state index contributed by atoms with van der Waals surface area (Å²) < 4.78 is 13.4. The topological polar surface area (TPSA) is 107 Å². The van der Waals surface area contributed by atoms with E-state index in [0.717, 1.165) is 17.8 Å². The van der Waals surface area contributed by atoms with Gasteiger partial charge in [-0.1, -0.05) is 36.1 Å². The van der Waals surface area contributed by atoms with E-state index in [-0.39, 0.29) is 41.7 Å². The summed E-state index contributed by atoms with van der Waals surface area (Å²) >= 11 is 6.39. The number of aromatic hydroxyl groups is 1. The number of hydrogen-bond donors (Lipinski definition) is 3. The molecule has 10 heteroatoms. The van der Waals surface area contributed by atoms with Crippen LogP contribution in [0.4, 0.5) is 10.1 Å². The molecule has 2 aromatic rings. The Labute approximate surface area is 186 Å². The summed E-state index contributed by atoms with van der Waals surface area (Å²) in [5, 5.41) is 21.1. The van der Waals surface area contributed by atoms with Crippen molar-refractivity contribution < 1.29 is 29.0 Å². The van der Waals surface area contributed by atoms with E-state index >= 15 is 0 Å². The number of anilines is 1. The molecule has 0 aliphatic carbocycles. The zero-order chi connectivity index (χ0) is 22.5. The van der Waals surface area contributed by atoms with Crippen LogP contribution >= 0.6 is 24.0 Å². The number of carboxylic acid groups (broad SMARTS) is 1. The van der Waals surface area contributed by atoms with Crippen LogP contribution in [0.25, 0.3) is 6.08 Å². The predicted octanol–water partition coefficient (Wildman–Crippen LogP) is 3.85. The maximum atomic E-state index is 13.0. The van der Waals surface area contributed by atoms with Gasteiger partial charge < -0.3 is 15.5 Å². The van der Waals surface area contributed by atoms with Crippen LogP contribution in [0, 0.1) is 5.82 Å². The number of carbonyl (C=O) groups excluding carboxylic acids is 2. The van der Waals surface area contributed by atoms with Gasteiger partial charge in [-0.2, -0.15) is 0 Å². The first-order valence-electron chi connectivity index (χ1n) is 9.11. The molecule has 0 atom stereocenters. The molecule has 3 rings (SSSR count). The number of phenolic OH excluding ortho intramolecular Hbond substituents is 1. The number of amides is 2. The fourth-order valence-corrected chi connectivity index (χ4v) is 4.14. The van der Waals surface area contributed by atoms with Crippen molar-refractivity contribution in [1.82, 2.24) is 4.90 Å². The van der Waals surface area contributed by atoms with Crippen LogP contribution < -0.4 is 5.32 Å². The van der Waals surface area contributed by atoms with Gasteiger partial charge in [-0.05, 0) is 48.4 Å². The minimum absolute atomic E-state index is 0.0357.